The molecule has 0 fully saturated rings. The molecule has 2 radical (unpaired) electrons. The fourth-order valence-corrected chi connectivity index (χ4v) is 4.12. The third-order valence-electron chi connectivity index (χ3n) is 4.33. The number of sulfonamides is 1. The number of hydrogen-bond donors (Lipinski definition) is 0. The lowest BCUT2D eigenvalue weighted by Gasteiger charge is -2.20. The molecular formula is C18H19BN2O4S. The van der Waals surface area contributed by atoms with Crippen molar-refractivity contribution in [2.24, 2.45) is 0 Å². The molecule has 8 heteroatoms. The Labute approximate surface area is 154 Å². The molecule has 134 valence electrons. The number of methoxy groups -OCH3 is 1. The van der Waals surface area contributed by atoms with Crippen molar-refractivity contribution in [3.63, 3.8) is 0 Å². The number of aryl methyl sites for hydroxylation is 2. The Bertz CT molecular complexity index is 1050. The van der Waals surface area contributed by atoms with E-state index in [-0.39, 0.29) is 16.5 Å². The average molecular weight is 370 g/mol. The van der Waals surface area contributed by atoms with Crippen LogP contribution < -0.4 is 8.95 Å². The van der Waals surface area contributed by atoms with Crippen LogP contribution in [0.15, 0.2) is 45.8 Å². The van der Waals surface area contributed by atoms with Gasteiger partial charge in [-0.25, -0.2) is 8.42 Å². The molecule has 0 atom stereocenters. The van der Waals surface area contributed by atoms with Gasteiger partial charge < -0.3 is 13.5 Å². The smallest absolute Gasteiger partial charge is 0.256 e. The fourth-order valence-electron chi connectivity index (χ4n) is 2.85. The van der Waals surface area contributed by atoms with E-state index in [1.165, 1.54) is 7.11 Å². The molecule has 1 aromatic heterocycles. The lowest BCUT2D eigenvalue weighted by Crippen LogP contribution is -2.29. The first-order valence-electron chi connectivity index (χ1n) is 8.28. The summed E-state index contributed by atoms with van der Waals surface area (Å²) in [4.78, 5) is -0.00743. The van der Waals surface area contributed by atoms with Gasteiger partial charge in [0.05, 0.1) is 12.5 Å². The minimum atomic E-state index is -4.09. The summed E-state index contributed by atoms with van der Waals surface area (Å²) in [5.74, 6) is 0.280. The van der Waals surface area contributed by atoms with Gasteiger partial charge in [0.15, 0.2) is 11.4 Å². The number of benzene rings is 2. The summed E-state index contributed by atoms with van der Waals surface area (Å²) in [6, 6.07) is 10.5. The Kier molecular flexibility index (Phi) is 4.95. The molecule has 3 aromatic rings. The molecule has 0 spiro atoms. The van der Waals surface area contributed by atoms with Crippen LogP contribution >= 0.6 is 0 Å². The number of ether oxygens (including phenoxy) is 1. The second kappa shape index (κ2) is 7.03. The fraction of sp³-hybridized carbons (Fsp3) is 0.278. The first kappa shape index (κ1) is 18.3. The summed E-state index contributed by atoms with van der Waals surface area (Å²) >= 11 is 0. The second-order valence-corrected chi connectivity index (χ2v) is 7.57. The van der Waals surface area contributed by atoms with E-state index in [0.717, 1.165) is 11.1 Å². The van der Waals surface area contributed by atoms with Crippen LogP contribution in [0, 0.1) is 0 Å². The summed E-state index contributed by atoms with van der Waals surface area (Å²) in [5, 5.41) is 4.49. The van der Waals surface area contributed by atoms with Gasteiger partial charge in [0.25, 0.3) is 18.0 Å². The van der Waals surface area contributed by atoms with E-state index >= 15 is 0 Å². The highest BCUT2D eigenvalue weighted by atomic mass is 32.2. The van der Waals surface area contributed by atoms with Crippen molar-refractivity contribution in [3.05, 3.63) is 47.5 Å². The van der Waals surface area contributed by atoms with Crippen molar-refractivity contribution in [2.45, 2.75) is 31.6 Å². The van der Waals surface area contributed by atoms with Crippen molar-refractivity contribution in [3.8, 4) is 5.75 Å². The molecule has 3 rings (SSSR count). The van der Waals surface area contributed by atoms with Crippen molar-refractivity contribution >= 4 is 34.8 Å². The van der Waals surface area contributed by atoms with Gasteiger partial charge in [0.2, 0.25) is 0 Å². The highest BCUT2D eigenvalue weighted by Gasteiger charge is 2.29. The highest BCUT2D eigenvalue weighted by molar-refractivity contribution is 7.94. The summed E-state index contributed by atoms with van der Waals surface area (Å²) in [6.45, 7) is 3.91. The molecular weight excluding hydrogens is 351 g/mol. The first-order valence-corrected chi connectivity index (χ1v) is 9.72. The van der Waals surface area contributed by atoms with Crippen LogP contribution in [0.1, 0.15) is 25.0 Å². The summed E-state index contributed by atoms with van der Waals surface area (Å²) in [5.41, 5.74) is 2.25. The lowest BCUT2D eigenvalue weighted by atomic mass is 10.1. The predicted octanol–water partition coefficient (Wildman–Crippen LogP) is 3.24. The summed E-state index contributed by atoms with van der Waals surface area (Å²) in [7, 11) is 3.35. The van der Waals surface area contributed by atoms with Crippen LogP contribution in [0.3, 0.4) is 0 Å². The average Bonchev–Trinajstić information content (AvgIpc) is 3.10. The van der Waals surface area contributed by atoms with E-state index in [2.05, 4.69) is 5.16 Å². The maximum Gasteiger partial charge on any atom is 0.256 e. The van der Waals surface area contributed by atoms with Crippen LogP contribution in [0.25, 0.3) is 11.0 Å². The predicted molar refractivity (Wildman–Crippen MR) is 101 cm³/mol. The second-order valence-electron chi connectivity index (χ2n) is 5.79. The van der Waals surface area contributed by atoms with Gasteiger partial charge in [-0.15, -0.1) is 0 Å². The van der Waals surface area contributed by atoms with Crippen LogP contribution in [0.2, 0.25) is 0 Å². The Morgan fingerprint density at radius 2 is 1.96 bits per heavy atom. The molecule has 2 aromatic carbocycles. The molecule has 0 bridgehead atoms. The van der Waals surface area contributed by atoms with Crippen molar-refractivity contribution in [1.82, 2.24) is 5.16 Å². The molecule has 0 saturated heterocycles. The zero-order valence-electron chi connectivity index (χ0n) is 14.9. The number of rotatable bonds is 6. The van der Waals surface area contributed by atoms with Crippen LogP contribution in [0.5, 0.6) is 5.75 Å². The van der Waals surface area contributed by atoms with Gasteiger partial charge in [-0.2, -0.15) is 0 Å². The summed E-state index contributed by atoms with van der Waals surface area (Å²) < 4.78 is 37.5. The third kappa shape index (κ3) is 2.94. The van der Waals surface area contributed by atoms with Crippen molar-refractivity contribution in [1.29, 1.82) is 0 Å². The van der Waals surface area contributed by atoms with E-state index < -0.39 is 10.0 Å². The highest BCUT2D eigenvalue weighted by Crippen LogP contribution is 2.34. The van der Waals surface area contributed by atoms with Gasteiger partial charge in [-0.05, 0) is 42.2 Å². The molecule has 26 heavy (non-hydrogen) atoms. The normalized spacial score (nSPS) is 11.7. The quantitative estimate of drug-likeness (QED) is 0.623. The van der Waals surface area contributed by atoms with Crippen molar-refractivity contribution < 1.29 is 17.7 Å². The zero-order chi connectivity index (χ0) is 18.9. The molecule has 1 heterocycles. The van der Waals surface area contributed by atoms with E-state index in [4.69, 9.17) is 17.2 Å². The van der Waals surface area contributed by atoms with Gasteiger partial charge in [0, 0.05) is 0 Å². The Balaban J connectivity index is 2.17. The molecule has 0 amide bonds. The molecule has 0 aliphatic carbocycles. The van der Waals surface area contributed by atoms with E-state index in [1.807, 2.05) is 32.0 Å². The molecule has 0 aliphatic rings. The molecule has 6 nitrogen and oxygen atoms in total. The van der Waals surface area contributed by atoms with Gasteiger partial charge in [-0.3, -0.25) is 0 Å². The molecule has 0 aliphatic heterocycles. The van der Waals surface area contributed by atoms with Gasteiger partial charge in [0.1, 0.15) is 10.6 Å². The van der Waals surface area contributed by atoms with E-state index in [1.54, 1.807) is 18.2 Å². The van der Waals surface area contributed by atoms with Crippen LogP contribution in [-0.2, 0) is 22.9 Å². The van der Waals surface area contributed by atoms with E-state index in [9.17, 15) is 8.42 Å². The molecule has 0 unspecified atom stereocenters. The molecule has 0 saturated carbocycles. The van der Waals surface area contributed by atoms with Crippen molar-refractivity contribution in [2.75, 3.05) is 11.3 Å². The topological polar surface area (TPSA) is 72.6 Å². The number of fused-ring (bicyclic) bond motifs is 1. The Morgan fingerprint density at radius 1 is 1.19 bits per heavy atom. The van der Waals surface area contributed by atoms with Gasteiger partial charge in [-0.1, -0.05) is 37.2 Å². The summed E-state index contributed by atoms with van der Waals surface area (Å²) in [6.07, 6.45) is 1.37. The Morgan fingerprint density at radius 3 is 2.62 bits per heavy atom. The minimum Gasteiger partial charge on any atom is -0.495 e. The van der Waals surface area contributed by atoms with E-state index in [0.29, 0.717) is 28.0 Å². The van der Waals surface area contributed by atoms with Crippen LogP contribution in [0.4, 0.5) is 5.82 Å². The minimum absolute atomic E-state index is 0.00743. The third-order valence-corrected chi connectivity index (χ3v) is 5.90. The first-order chi connectivity index (χ1) is 12.4. The Hall–Kier alpha value is -2.48. The largest absolute Gasteiger partial charge is 0.495 e. The zero-order valence-corrected chi connectivity index (χ0v) is 15.7. The maximum absolute atomic E-state index is 13.2. The molecule has 0 N–H and O–H groups in total. The maximum atomic E-state index is 13.2. The standard InChI is InChI=1S/C18H19BN2O4S/c1-4-12-9-10-14(24-3)16(11-12)26(22,23)21(19)18-17-13(5-2)7-6-8-15(17)25-20-18/h6-11H,4-5H2,1-3H3. The monoisotopic (exact) mass is 370 g/mol. The van der Waals surface area contributed by atoms with Gasteiger partial charge >= 0.3 is 0 Å². The van der Waals surface area contributed by atoms with Crippen LogP contribution in [-0.4, -0.2) is 28.7 Å². The lowest BCUT2D eigenvalue weighted by molar-refractivity contribution is 0.402. The number of nitrogens with zero attached hydrogens (tertiary/aromatic N) is 2. The SMILES string of the molecule is [B]N(c1noc2cccc(CC)c12)S(=O)(=O)c1cc(CC)ccc1OC. The number of hydrogen-bond acceptors (Lipinski definition) is 5. The number of anilines is 1. The number of aromatic nitrogens is 1.